The molecule has 1 heterocycles. The zero-order valence-corrected chi connectivity index (χ0v) is 12.9. The summed E-state index contributed by atoms with van der Waals surface area (Å²) < 4.78 is 0. The van der Waals surface area contributed by atoms with Crippen molar-refractivity contribution in [3.8, 4) is 0 Å². The van der Waals surface area contributed by atoms with Crippen LogP contribution in [-0.2, 0) is 9.59 Å². The van der Waals surface area contributed by atoms with Crippen LogP contribution in [0.5, 0.6) is 0 Å². The second-order valence-corrected chi connectivity index (χ2v) is 5.84. The first-order valence-corrected chi connectivity index (χ1v) is 7.95. The monoisotopic (exact) mass is 320 g/mol. The van der Waals surface area contributed by atoms with Gasteiger partial charge in [-0.2, -0.15) is 0 Å². The van der Waals surface area contributed by atoms with Crippen molar-refractivity contribution in [2.24, 2.45) is 0 Å². The molecule has 0 fully saturated rings. The van der Waals surface area contributed by atoms with Gasteiger partial charge in [-0.15, -0.1) is 11.8 Å². The van der Waals surface area contributed by atoms with Crippen molar-refractivity contribution in [2.75, 3.05) is 24.6 Å². The van der Waals surface area contributed by atoms with Crippen molar-refractivity contribution >= 4 is 35.3 Å². The van der Waals surface area contributed by atoms with Gasteiger partial charge in [0.1, 0.15) is 5.78 Å². The minimum Gasteiger partial charge on any atom is -0.354 e. The second-order valence-electron chi connectivity index (χ2n) is 4.85. The first kappa shape index (κ1) is 16.2. The van der Waals surface area contributed by atoms with Gasteiger partial charge in [0, 0.05) is 13.1 Å². The highest BCUT2D eigenvalue weighted by Gasteiger charge is 2.34. The van der Waals surface area contributed by atoms with E-state index in [9.17, 15) is 19.2 Å². The molecule has 1 aliphatic heterocycles. The Hall–Kier alpha value is -2.15. The molecule has 0 aromatic heterocycles. The Balaban J connectivity index is 1.79. The molecule has 0 saturated carbocycles. The molecule has 0 atom stereocenters. The molecule has 0 saturated heterocycles. The van der Waals surface area contributed by atoms with Crippen LogP contribution in [0.4, 0.5) is 0 Å². The van der Waals surface area contributed by atoms with Gasteiger partial charge in [-0.3, -0.25) is 24.1 Å². The Morgan fingerprint density at radius 1 is 1.09 bits per heavy atom. The van der Waals surface area contributed by atoms with Crippen molar-refractivity contribution in [2.45, 2.75) is 6.92 Å². The van der Waals surface area contributed by atoms with Gasteiger partial charge in [-0.25, -0.2) is 0 Å². The van der Waals surface area contributed by atoms with Crippen LogP contribution < -0.4 is 5.32 Å². The third kappa shape index (κ3) is 3.73. The summed E-state index contributed by atoms with van der Waals surface area (Å²) >= 11 is 1.23. The van der Waals surface area contributed by atoms with Crippen LogP contribution in [0.15, 0.2) is 24.3 Å². The Morgan fingerprint density at radius 2 is 1.68 bits per heavy atom. The van der Waals surface area contributed by atoms with Crippen LogP contribution in [0.2, 0.25) is 0 Å². The number of Topliss-reactive ketones (excluding diaryl/α,β-unsaturated/α-hetero) is 1. The molecule has 0 spiro atoms. The fourth-order valence-corrected chi connectivity index (χ4v) is 2.76. The number of carbonyl (C=O) groups excluding carboxylic acids is 4. The molecule has 116 valence electrons. The summed E-state index contributed by atoms with van der Waals surface area (Å²) in [5, 5.41) is 2.63. The van der Waals surface area contributed by atoms with Gasteiger partial charge < -0.3 is 5.32 Å². The molecule has 2 rings (SSSR count). The van der Waals surface area contributed by atoms with Gasteiger partial charge in [0.25, 0.3) is 11.8 Å². The summed E-state index contributed by atoms with van der Waals surface area (Å²) in [4.78, 5) is 47.6. The van der Waals surface area contributed by atoms with Crippen LogP contribution in [0.25, 0.3) is 0 Å². The molecule has 6 nitrogen and oxygen atoms in total. The lowest BCUT2D eigenvalue weighted by atomic mass is 10.1. The van der Waals surface area contributed by atoms with E-state index in [2.05, 4.69) is 5.32 Å². The van der Waals surface area contributed by atoms with Crippen molar-refractivity contribution in [1.82, 2.24) is 10.2 Å². The third-order valence-corrected chi connectivity index (χ3v) is 4.15. The lowest BCUT2D eigenvalue weighted by molar-refractivity contribution is -0.118. The fraction of sp³-hybridized carbons (Fsp3) is 0.333. The number of thioether (sulfide) groups is 1. The second kappa shape index (κ2) is 7.22. The predicted molar refractivity (Wildman–Crippen MR) is 82.8 cm³/mol. The maximum absolute atomic E-state index is 12.1. The minimum absolute atomic E-state index is 0.0174. The number of amides is 3. The van der Waals surface area contributed by atoms with Gasteiger partial charge in [0.2, 0.25) is 5.91 Å². The SMILES string of the molecule is CC(=O)CSCC(=O)NCCN1C(=O)c2ccccc2C1=O. The summed E-state index contributed by atoms with van der Waals surface area (Å²) in [5.41, 5.74) is 0.798. The first-order chi connectivity index (χ1) is 10.5. The molecule has 0 radical (unpaired) electrons. The largest absolute Gasteiger partial charge is 0.354 e. The fourth-order valence-electron chi connectivity index (χ4n) is 2.09. The van der Waals surface area contributed by atoms with E-state index < -0.39 is 0 Å². The number of imide groups is 1. The Labute approximate surface area is 132 Å². The van der Waals surface area contributed by atoms with E-state index in [4.69, 9.17) is 0 Å². The van der Waals surface area contributed by atoms with Crippen molar-refractivity contribution in [3.05, 3.63) is 35.4 Å². The molecule has 1 aromatic rings. The number of nitrogens with zero attached hydrogens (tertiary/aromatic N) is 1. The molecule has 0 bridgehead atoms. The Morgan fingerprint density at radius 3 is 2.23 bits per heavy atom. The van der Waals surface area contributed by atoms with Gasteiger partial charge in [-0.05, 0) is 19.1 Å². The number of carbonyl (C=O) groups is 4. The molecule has 7 heteroatoms. The van der Waals surface area contributed by atoms with Gasteiger partial charge in [0.05, 0.1) is 22.6 Å². The summed E-state index contributed by atoms with van der Waals surface area (Å²) in [6.07, 6.45) is 0. The highest BCUT2D eigenvalue weighted by Crippen LogP contribution is 2.21. The number of ketones is 1. The lowest BCUT2D eigenvalue weighted by Gasteiger charge is -2.14. The highest BCUT2D eigenvalue weighted by atomic mass is 32.2. The highest BCUT2D eigenvalue weighted by molar-refractivity contribution is 8.00. The molecular formula is C15H16N2O4S. The maximum atomic E-state index is 12.1. The summed E-state index contributed by atoms with van der Waals surface area (Å²) in [5.74, 6) is -0.388. The molecule has 3 amide bonds. The lowest BCUT2D eigenvalue weighted by Crippen LogP contribution is -2.38. The number of hydrogen-bond acceptors (Lipinski definition) is 5. The molecule has 1 aliphatic rings. The summed E-state index contributed by atoms with van der Waals surface area (Å²) in [7, 11) is 0. The predicted octanol–water partition coefficient (Wildman–Crippen LogP) is 0.721. The number of rotatable bonds is 7. The Bertz CT molecular complexity index is 595. The number of benzene rings is 1. The topological polar surface area (TPSA) is 83.6 Å². The average molecular weight is 320 g/mol. The van der Waals surface area contributed by atoms with Crippen LogP contribution in [0.1, 0.15) is 27.6 Å². The summed E-state index contributed by atoms with van der Waals surface area (Å²) in [6, 6.07) is 6.65. The summed E-state index contributed by atoms with van der Waals surface area (Å²) in [6.45, 7) is 1.80. The molecule has 0 unspecified atom stereocenters. The van der Waals surface area contributed by atoms with E-state index in [1.165, 1.54) is 18.7 Å². The molecular weight excluding hydrogens is 304 g/mol. The standard InChI is InChI=1S/C15H16N2O4S/c1-10(18)8-22-9-13(19)16-6-7-17-14(20)11-4-2-3-5-12(11)15(17)21/h2-5H,6-9H2,1H3,(H,16,19). The number of nitrogens with one attached hydrogen (secondary N) is 1. The van der Waals surface area contributed by atoms with Gasteiger partial charge in [0.15, 0.2) is 0 Å². The van der Waals surface area contributed by atoms with Crippen LogP contribution in [-0.4, -0.2) is 53.0 Å². The zero-order chi connectivity index (χ0) is 16.1. The van der Waals surface area contributed by atoms with Gasteiger partial charge >= 0.3 is 0 Å². The Kier molecular flexibility index (Phi) is 5.32. The average Bonchev–Trinajstić information content (AvgIpc) is 2.72. The minimum atomic E-state index is -0.333. The van der Waals surface area contributed by atoms with Crippen LogP contribution >= 0.6 is 11.8 Å². The molecule has 1 N–H and O–H groups in total. The molecule has 22 heavy (non-hydrogen) atoms. The smallest absolute Gasteiger partial charge is 0.261 e. The van der Waals surface area contributed by atoms with Crippen LogP contribution in [0, 0.1) is 0 Å². The van der Waals surface area contributed by atoms with E-state index in [-0.39, 0.29) is 42.3 Å². The normalized spacial score (nSPS) is 13.2. The number of fused-ring (bicyclic) bond motifs is 1. The third-order valence-electron chi connectivity index (χ3n) is 3.07. The zero-order valence-electron chi connectivity index (χ0n) is 12.1. The first-order valence-electron chi connectivity index (χ1n) is 6.80. The van der Waals surface area contributed by atoms with E-state index in [1.807, 2.05) is 0 Å². The van der Waals surface area contributed by atoms with E-state index in [1.54, 1.807) is 24.3 Å². The van der Waals surface area contributed by atoms with E-state index in [0.717, 1.165) is 4.90 Å². The van der Waals surface area contributed by atoms with Gasteiger partial charge in [-0.1, -0.05) is 12.1 Å². The molecule has 0 aliphatic carbocycles. The van der Waals surface area contributed by atoms with Crippen LogP contribution in [0.3, 0.4) is 0 Å². The quantitative estimate of drug-likeness (QED) is 0.749. The van der Waals surface area contributed by atoms with E-state index in [0.29, 0.717) is 16.9 Å². The maximum Gasteiger partial charge on any atom is 0.261 e. The van der Waals surface area contributed by atoms with Crippen molar-refractivity contribution in [3.63, 3.8) is 0 Å². The number of hydrogen-bond donors (Lipinski definition) is 1. The van der Waals surface area contributed by atoms with Crippen molar-refractivity contribution in [1.29, 1.82) is 0 Å². The molecule has 1 aromatic carbocycles. The van der Waals surface area contributed by atoms with Crippen molar-refractivity contribution < 1.29 is 19.2 Å². The van der Waals surface area contributed by atoms with E-state index >= 15 is 0 Å².